The van der Waals surface area contributed by atoms with Crippen LogP contribution in [-0.2, 0) is 14.4 Å². The SMILES string of the molecule is COc1ccc(Cl)cc1N1C(=S)N[C@@H]2C[S+](=O)(O)C[C@H]21. The van der Waals surface area contributed by atoms with Crippen molar-refractivity contribution in [1.29, 1.82) is 0 Å². The molecule has 2 fully saturated rings. The number of rotatable bonds is 2. The number of anilines is 1. The summed E-state index contributed by atoms with van der Waals surface area (Å²) in [5.41, 5.74) is 0.724. The first-order chi connectivity index (χ1) is 9.41. The lowest BCUT2D eigenvalue weighted by atomic mass is 10.1. The van der Waals surface area contributed by atoms with Crippen LogP contribution in [-0.4, -0.2) is 40.4 Å². The number of thiocarbonyl (C=S) groups is 1. The maximum Gasteiger partial charge on any atom is 0.218 e. The summed E-state index contributed by atoms with van der Waals surface area (Å²) in [5, 5.41) is 4.21. The largest absolute Gasteiger partial charge is 0.495 e. The lowest BCUT2D eigenvalue weighted by Gasteiger charge is -2.24. The van der Waals surface area contributed by atoms with Crippen molar-refractivity contribution in [2.24, 2.45) is 0 Å². The Bertz CT molecular complexity index is 625. The molecular formula is C12H14ClN2O3S2+. The van der Waals surface area contributed by atoms with Gasteiger partial charge in [0.2, 0.25) is 10.2 Å². The highest BCUT2D eigenvalue weighted by Crippen LogP contribution is 2.38. The highest BCUT2D eigenvalue weighted by atomic mass is 35.5. The fraction of sp³-hybridized carbons (Fsp3) is 0.417. The molecular weight excluding hydrogens is 320 g/mol. The maximum absolute atomic E-state index is 11.9. The van der Waals surface area contributed by atoms with Crippen LogP contribution in [0.4, 0.5) is 5.69 Å². The molecule has 1 unspecified atom stereocenters. The standard InChI is InChI=1S/C12H13ClN2O3S2/c1-18-11-3-2-7(13)4-9(11)15-10-6-20(16,17)5-8(10)14-12(15)19/h2-4,8,10H,5-6H2,1H3,(H-,14,16,17,19)/p+1/t8-,10-/m1/s1. The molecule has 8 heteroatoms. The van der Waals surface area contributed by atoms with E-state index in [1.165, 1.54) is 0 Å². The van der Waals surface area contributed by atoms with Crippen molar-refractivity contribution in [2.75, 3.05) is 23.5 Å². The van der Waals surface area contributed by atoms with E-state index in [0.717, 1.165) is 5.69 Å². The minimum atomic E-state index is -2.79. The zero-order valence-corrected chi connectivity index (χ0v) is 13.1. The average Bonchev–Trinajstić information content (AvgIpc) is 2.79. The summed E-state index contributed by atoms with van der Waals surface area (Å²) in [6.07, 6.45) is 0. The van der Waals surface area contributed by atoms with Crippen LogP contribution in [0.25, 0.3) is 0 Å². The van der Waals surface area contributed by atoms with Crippen LogP contribution in [0, 0.1) is 0 Å². The molecule has 5 nitrogen and oxygen atoms in total. The molecule has 3 atom stereocenters. The number of halogens is 1. The van der Waals surface area contributed by atoms with Gasteiger partial charge < -0.3 is 15.0 Å². The second-order valence-electron chi connectivity index (χ2n) is 4.92. The maximum atomic E-state index is 11.9. The molecule has 0 bridgehead atoms. The fourth-order valence-corrected chi connectivity index (χ4v) is 5.22. The third kappa shape index (κ3) is 2.28. The number of hydrogen-bond donors (Lipinski definition) is 2. The van der Waals surface area contributed by atoms with Crippen molar-refractivity contribution in [1.82, 2.24) is 5.32 Å². The van der Waals surface area contributed by atoms with Crippen molar-refractivity contribution < 1.29 is 13.5 Å². The van der Waals surface area contributed by atoms with Crippen LogP contribution in [0.15, 0.2) is 18.2 Å². The highest BCUT2D eigenvalue weighted by molar-refractivity contribution is 7.98. The van der Waals surface area contributed by atoms with E-state index in [9.17, 15) is 8.76 Å². The van der Waals surface area contributed by atoms with Crippen LogP contribution in [0.5, 0.6) is 5.75 Å². The number of hydrogen-bond acceptors (Lipinski definition) is 3. The summed E-state index contributed by atoms with van der Waals surface area (Å²) < 4.78 is 27.0. The van der Waals surface area contributed by atoms with Crippen LogP contribution in [0.3, 0.4) is 0 Å². The van der Waals surface area contributed by atoms with E-state index in [1.54, 1.807) is 25.3 Å². The molecule has 108 valence electrons. The van der Waals surface area contributed by atoms with E-state index < -0.39 is 10.2 Å². The zero-order valence-electron chi connectivity index (χ0n) is 10.7. The molecule has 2 saturated heterocycles. The molecule has 2 aliphatic heterocycles. The average molecular weight is 334 g/mol. The Kier molecular flexibility index (Phi) is 3.40. The summed E-state index contributed by atoms with van der Waals surface area (Å²) in [6, 6.07) is 5.00. The molecule has 0 saturated carbocycles. The molecule has 1 aromatic carbocycles. The minimum Gasteiger partial charge on any atom is -0.495 e. The molecule has 0 spiro atoms. The summed E-state index contributed by atoms with van der Waals surface area (Å²) >= 11 is 11.4. The molecule has 3 rings (SSSR count). The van der Waals surface area contributed by atoms with Gasteiger partial charge in [0, 0.05) is 5.02 Å². The van der Waals surface area contributed by atoms with Crippen LogP contribution >= 0.6 is 23.8 Å². The molecule has 2 N–H and O–H groups in total. The predicted octanol–water partition coefficient (Wildman–Crippen LogP) is 1.77. The second-order valence-corrected chi connectivity index (χ2v) is 7.95. The van der Waals surface area contributed by atoms with Gasteiger partial charge >= 0.3 is 0 Å². The predicted molar refractivity (Wildman–Crippen MR) is 84.2 cm³/mol. The summed E-state index contributed by atoms with van der Waals surface area (Å²) in [5.74, 6) is 1.05. The highest BCUT2D eigenvalue weighted by Gasteiger charge is 2.54. The third-order valence-electron chi connectivity index (χ3n) is 3.60. The Morgan fingerprint density at radius 3 is 3.00 bits per heavy atom. The zero-order chi connectivity index (χ0) is 14.5. The van der Waals surface area contributed by atoms with Crippen LogP contribution < -0.4 is 15.0 Å². The van der Waals surface area contributed by atoms with Gasteiger partial charge in [-0.3, -0.25) is 0 Å². The first kappa shape index (κ1) is 14.1. The number of fused-ring (bicyclic) bond motifs is 1. The molecule has 1 aromatic rings. The van der Waals surface area contributed by atoms with E-state index in [4.69, 9.17) is 28.6 Å². The van der Waals surface area contributed by atoms with E-state index in [-0.39, 0.29) is 23.6 Å². The molecule has 0 amide bonds. The lowest BCUT2D eigenvalue weighted by molar-refractivity contribution is 0.415. The Labute approximate surface area is 128 Å². The number of nitrogens with zero attached hydrogens (tertiary/aromatic N) is 1. The third-order valence-corrected chi connectivity index (χ3v) is 5.89. The van der Waals surface area contributed by atoms with E-state index in [1.807, 2.05) is 4.90 Å². The van der Waals surface area contributed by atoms with Crippen molar-refractivity contribution in [3.05, 3.63) is 23.2 Å². The summed E-state index contributed by atoms with van der Waals surface area (Å²) in [7, 11) is -1.22. The Morgan fingerprint density at radius 1 is 1.55 bits per heavy atom. The Hall–Kier alpha value is -0.890. The first-order valence-electron chi connectivity index (χ1n) is 6.06. The number of nitrogens with one attached hydrogen (secondary N) is 1. The molecule has 20 heavy (non-hydrogen) atoms. The topological polar surface area (TPSA) is 61.8 Å². The van der Waals surface area contributed by atoms with Crippen molar-refractivity contribution in [2.45, 2.75) is 12.1 Å². The van der Waals surface area contributed by atoms with Crippen molar-refractivity contribution in [3.8, 4) is 5.75 Å². The number of ether oxygens (including phenoxy) is 1. The summed E-state index contributed by atoms with van der Waals surface area (Å²) in [4.78, 5) is 1.84. The van der Waals surface area contributed by atoms with Gasteiger partial charge in [-0.25, -0.2) is 0 Å². The fourth-order valence-electron chi connectivity index (χ4n) is 2.75. The monoisotopic (exact) mass is 333 g/mol. The molecule has 0 aliphatic carbocycles. The van der Waals surface area contributed by atoms with Crippen molar-refractivity contribution >= 4 is 44.8 Å². The molecule has 0 aromatic heterocycles. The second kappa shape index (κ2) is 4.84. The summed E-state index contributed by atoms with van der Waals surface area (Å²) in [6.45, 7) is 0. The quantitative estimate of drug-likeness (QED) is 0.635. The molecule has 0 radical (unpaired) electrons. The Balaban J connectivity index is 2.03. The van der Waals surface area contributed by atoms with Gasteiger partial charge in [-0.15, -0.1) is 0 Å². The van der Waals surface area contributed by atoms with E-state index in [0.29, 0.717) is 15.9 Å². The van der Waals surface area contributed by atoms with Gasteiger partial charge in [0.15, 0.2) is 16.6 Å². The van der Waals surface area contributed by atoms with Crippen LogP contribution in [0.1, 0.15) is 0 Å². The van der Waals surface area contributed by atoms with Crippen molar-refractivity contribution in [3.63, 3.8) is 0 Å². The first-order valence-corrected chi connectivity index (χ1v) is 8.70. The van der Waals surface area contributed by atoms with Gasteiger partial charge in [-0.2, -0.15) is 4.55 Å². The smallest absolute Gasteiger partial charge is 0.218 e. The minimum absolute atomic E-state index is 0.108. The number of benzene rings is 1. The van der Waals surface area contributed by atoms with Gasteiger partial charge in [0.1, 0.15) is 17.8 Å². The number of methoxy groups -OCH3 is 1. The van der Waals surface area contributed by atoms with Gasteiger partial charge in [-0.1, -0.05) is 15.8 Å². The Morgan fingerprint density at radius 2 is 2.30 bits per heavy atom. The van der Waals surface area contributed by atoms with E-state index in [2.05, 4.69) is 5.32 Å². The van der Waals surface area contributed by atoms with Gasteiger partial charge in [0.05, 0.1) is 12.8 Å². The molecule has 2 heterocycles. The van der Waals surface area contributed by atoms with Crippen LogP contribution in [0.2, 0.25) is 5.02 Å². The lowest BCUT2D eigenvalue weighted by Crippen LogP contribution is -2.37. The van der Waals surface area contributed by atoms with E-state index >= 15 is 0 Å². The van der Waals surface area contributed by atoms with Gasteiger partial charge in [0.25, 0.3) is 0 Å². The molecule has 2 aliphatic rings. The van der Waals surface area contributed by atoms with Gasteiger partial charge in [-0.05, 0) is 30.4 Å². The normalized spacial score (nSPS) is 32.1.